The van der Waals surface area contributed by atoms with Crippen LogP contribution in [0.4, 0.5) is 0 Å². The van der Waals surface area contributed by atoms with E-state index in [1.807, 2.05) is 18.3 Å². The Morgan fingerprint density at radius 1 is 1.73 bits per heavy atom. The van der Waals surface area contributed by atoms with Gasteiger partial charge in [0.05, 0.1) is 10.3 Å². The molecule has 11 heavy (non-hydrogen) atoms. The van der Waals surface area contributed by atoms with Crippen molar-refractivity contribution in [2.45, 2.75) is 6.54 Å². The van der Waals surface area contributed by atoms with Crippen LogP contribution in [0.3, 0.4) is 0 Å². The zero-order chi connectivity index (χ0) is 8.27. The molecule has 0 spiro atoms. The van der Waals surface area contributed by atoms with Crippen molar-refractivity contribution in [2.24, 2.45) is 0 Å². The topological polar surface area (TPSA) is 27.0 Å². The number of hydrogen-bond donors (Lipinski definition) is 0. The molecule has 1 rings (SSSR count). The molecule has 0 aliphatic rings. The lowest BCUT2D eigenvalue weighted by Crippen LogP contribution is -2.08. The largest absolute Gasteiger partial charge is 0.308 e. The predicted octanol–water partition coefficient (Wildman–Crippen LogP) is 2.42. The second kappa shape index (κ2) is 3.74. The summed E-state index contributed by atoms with van der Waals surface area (Å²) in [5.74, 6) is 0. The van der Waals surface area contributed by atoms with Crippen LogP contribution in [0.2, 0.25) is 0 Å². The third-order valence-corrected chi connectivity index (χ3v) is 2.80. The van der Waals surface area contributed by atoms with Gasteiger partial charge in [-0.1, -0.05) is 0 Å². The molecule has 0 fully saturated rings. The zero-order valence-electron chi connectivity index (χ0n) is 6.04. The van der Waals surface area contributed by atoms with Crippen LogP contribution in [0.15, 0.2) is 15.9 Å². The molecule has 0 saturated carbocycles. The van der Waals surface area contributed by atoms with Gasteiger partial charge in [-0.2, -0.15) is 5.26 Å². The predicted molar refractivity (Wildman–Crippen MR) is 49.1 cm³/mol. The summed E-state index contributed by atoms with van der Waals surface area (Å²) in [5, 5.41) is 8.47. The normalized spacial score (nSPS) is 9.18. The number of halogens is 1. The third-order valence-electron chi connectivity index (χ3n) is 1.19. The standard InChI is InChI=1S/C7H7BrN2S/c1-10(5-9)4-6-2-3-7(8)11-6/h2-3H,4H2,1H3. The summed E-state index contributed by atoms with van der Waals surface area (Å²) in [6, 6.07) is 4.01. The quantitative estimate of drug-likeness (QED) is 0.577. The first-order valence-corrected chi connectivity index (χ1v) is 4.68. The van der Waals surface area contributed by atoms with E-state index in [4.69, 9.17) is 5.26 Å². The summed E-state index contributed by atoms with van der Waals surface area (Å²) >= 11 is 5.02. The van der Waals surface area contributed by atoms with Crippen molar-refractivity contribution >= 4 is 27.3 Å². The van der Waals surface area contributed by atoms with Gasteiger partial charge in [0.2, 0.25) is 0 Å². The summed E-state index contributed by atoms with van der Waals surface area (Å²) in [5.41, 5.74) is 0. The van der Waals surface area contributed by atoms with Gasteiger partial charge in [-0.05, 0) is 28.1 Å². The molecule has 0 aromatic carbocycles. The Hall–Kier alpha value is -0.530. The minimum Gasteiger partial charge on any atom is -0.308 e. The van der Waals surface area contributed by atoms with E-state index in [1.165, 1.54) is 4.88 Å². The Labute approximate surface area is 78.2 Å². The monoisotopic (exact) mass is 230 g/mol. The maximum absolute atomic E-state index is 8.47. The first-order valence-electron chi connectivity index (χ1n) is 3.07. The number of rotatable bonds is 2. The molecule has 2 nitrogen and oxygen atoms in total. The highest BCUT2D eigenvalue weighted by molar-refractivity contribution is 9.11. The van der Waals surface area contributed by atoms with E-state index in [-0.39, 0.29) is 0 Å². The highest BCUT2D eigenvalue weighted by Crippen LogP contribution is 2.22. The Bertz CT molecular complexity index is 276. The van der Waals surface area contributed by atoms with Gasteiger partial charge < -0.3 is 4.90 Å². The first-order chi connectivity index (χ1) is 5.22. The van der Waals surface area contributed by atoms with Crippen molar-refractivity contribution < 1.29 is 0 Å². The second-order valence-electron chi connectivity index (χ2n) is 2.16. The fourth-order valence-corrected chi connectivity index (χ4v) is 2.24. The van der Waals surface area contributed by atoms with Crippen LogP contribution in [0.25, 0.3) is 0 Å². The van der Waals surface area contributed by atoms with Crippen LogP contribution in [0.1, 0.15) is 4.88 Å². The van der Waals surface area contributed by atoms with Gasteiger partial charge in [-0.25, -0.2) is 0 Å². The Kier molecular flexibility index (Phi) is 2.92. The van der Waals surface area contributed by atoms with E-state index in [0.717, 1.165) is 3.79 Å². The number of nitriles is 1. The molecule has 0 unspecified atom stereocenters. The van der Waals surface area contributed by atoms with Gasteiger partial charge in [0.1, 0.15) is 0 Å². The molecule has 1 aromatic heterocycles. The van der Waals surface area contributed by atoms with Gasteiger partial charge in [0.15, 0.2) is 6.19 Å². The minimum absolute atomic E-state index is 0.701. The highest BCUT2D eigenvalue weighted by atomic mass is 79.9. The summed E-state index contributed by atoms with van der Waals surface area (Å²) in [6.07, 6.45) is 2.05. The smallest absolute Gasteiger partial charge is 0.179 e. The van der Waals surface area contributed by atoms with Crippen molar-refractivity contribution in [1.82, 2.24) is 4.90 Å². The molecule has 0 amide bonds. The first kappa shape index (κ1) is 8.57. The lowest BCUT2D eigenvalue weighted by Gasteiger charge is -2.04. The van der Waals surface area contributed by atoms with Crippen LogP contribution < -0.4 is 0 Å². The van der Waals surface area contributed by atoms with Gasteiger partial charge in [0, 0.05) is 11.9 Å². The fraction of sp³-hybridized carbons (Fsp3) is 0.286. The van der Waals surface area contributed by atoms with Crippen LogP contribution in [-0.4, -0.2) is 11.9 Å². The van der Waals surface area contributed by atoms with Gasteiger partial charge in [0.25, 0.3) is 0 Å². The molecule has 0 saturated heterocycles. The van der Waals surface area contributed by atoms with Crippen molar-refractivity contribution in [2.75, 3.05) is 7.05 Å². The molecule has 1 aromatic rings. The van der Waals surface area contributed by atoms with Crippen molar-refractivity contribution in [1.29, 1.82) is 5.26 Å². The second-order valence-corrected chi connectivity index (χ2v) is 4.71. The molecule has 1 heterocycles. The summed E-state index contributed by atoms with van der Waals surface area (Å²) < 4.78 is 1.11. The average Bonchev–Trinajstić information content (AvgIpc) is 2.35. The van der Waals surface area contributed by atoms with Gasteiger partial charge in [-0.3, -0.25) is 0 Å². The maximum Gasteiger partial charge on any atom is 0.179 e. The third kappa shape index (κ3) is 2.52. The Morgan fingerprint density at radius 2 is 2.45 bits per heavy atom. The van der Waals surface area contributed by atoms with Crippen molar-refractivity contribution in [3.63, 3.8) is 0 Å². The maximum atomic E-state index is 8.47. The summed E-state index contributed by atoms with van der Waals surface area (Å²) in [6.45, 7) is 0.701. The van der Waals surface area contributed by atoms with Crippen molar-refractivity contribution in [3.8, 4) is 6.19 Å². The van der Waals surface area contributed by atoms with E-state index in [2.05, 4.69) is 15.9 Å². The number of nitrogens with zero attached hydrogens (tertiary/aromatic N) is 2. The Balaban J connectivity index is 2.59. The van der Waals surface area contributed by atoms with Crippen LogP contribution in [0.5, 0.6) is 0 Å². The molecule has 0 aliphatic carbocycles. The zero-order valence-corrected chi connectivity index (χ0v) is 8.44. The molecular formula is C7H7BrN2S. The summed E-state index contributed by atoms with van der Waals surface area (Å²) in [7, 11) is 1.77. The van der Waals surface area contributed by atoms with E-state index in [9.17, 15) is 0 Å². The van der Waals surface area contributed by atoms with Crippen LogP contribution >= 0.6 is 27.3 Å². The Morgan fingerprint density at radius 3 is 2.91 bits per heavy atom. The lowest BCUT2D eigenvalue weighted by atomic mass is 10.4. The molecule has 0 atom stereocenters. The highest BCUT2D eigenvalue weighted by Gasteiger charge is 1.99. The van der Waals surface area contributed by atoms with Gasteiger partial charge >= 0.3 is 0 Å². The van der Waals surface area contributed by atoms with E-state index in [1.54, 1.807) is 23.3 Å². The average molecular weight is 231 g/mol. The molecule has 0 radical (unpaired) electrons. The molecule has 4 heteroatoms. The number of thiophene rings is 1. The number of hydrogen-bond acceptors (Lipinski definition) is 3. The van der Waals surface area contributed by atoms with Crippen LogP contribution in [-0.2, 0) is 6.54 Å². The van der Waals surface area contributed by atoms with Gasteiger partial charge in [-0.15, -0.1) is 11.3 Å². The summed E-state index contributed by atoms with van der Waals surface area (Å²) in [4.78, 5) is 2.79. The SMILES string of the molecule is CN(C#N)Cc1ccc(Br)s1. The van der Waals surface area contributed by atoms with E-state index in [0.29, 0.717) is 6.54 Å². The minimum atomic E-state index is 0.701. The fourth-order valence-electron chi connectivity index (χ4n) is 0.706. The van der Waals surface area contributed by atoms with E-state index >= 15 is 0 Å². The molecule has 0 aliphatic heterocycles. The van der Waals surface area contributed by atoms with E-state index < -0.39 is 0 Å². The van der Waals surface area contributed by atoms with Crippen molar-refractivity contribution in [3.05, 3.63) is 20.8 Å². The molecule has 0 N–H and O–H groups in total. The lowest BCUT2D eigenvalue weighted by molar-refractivity contribution is 0.474. The molecule has 0 bridgehead atoms. The molecule has 58 valence electrons. The van der Waals surface area contributed by atoms with Crippen LogP contribution in [0, 0.1) is 11.5 Å². The molecular weight excluding hydrogens is 224 g/mol.